The van der Waals surface area contributed by atoms with Gasteiger partial charge in [-0.2, -0.15) is 0 Å². The number of hydrogen-bond donors (Lipinski definition) is 1. The minimum absolute atomic E-state index is 0.0991. The number of nitrogens with one attached hydrogen (secondary N) is 1. The molecule has 29 heavy (non-hydrogen) atoms. The Balaban J connectivity index is 1.62. The zero-order chi connectivity index (χ0) is 20.8. The van der Waals surface area contributed by atoms with Gasteiger partial charge in [0.2, 0.25) is 5.91 Å². The summed E-state index contributed by atoms with van der Waals surface area (Å²) >= 11 is 1.23. The molecule has 0 aliphatic carbocycles. The number of ether oxygens (including phenoxy) is 1. The fourth-order valence-corrected chi connectivity index (χ4v) is 3.48. The minimum Gasteiger partial charge on any atom is -0.483 e. The molecule has 3 aromatic rings. The minimum atomic E-state index is -0.416. The van der Waals surface area contributed by atoms with Gasteiger partial charge in [-0.15, -0.1) is 10.2 Å². The molecular weight excluding hydrogens is 398 g/mol. The number of hydrogen-bond acceptors (Lipinski definition) is 5. The highest BCUT2D eigenvalue weighted by atomic mass is 32.2. The zero-order valence-corrected chi connectivity index (χ0v) is 16.7. The molecule has 1 atom stereocenters. The lowest BCUT2D eigenvalue weighted by Gasteiger charge is -2.15. The number of rotatable bonds is 8. The maximum atomic E-state index is 13.2. The Bertz CT molecular complexity index is 979. The second kappa shape index (κ2) is 9.51. The van der Waals surface area contributed by atoms with Crippen LogP contribution in [0.4, 0.5) is 14.5 Å². The molecule has 0 saturated heterocycles. The van der Waals surface area contributed by atoms with E-state index < -0.39 is 11.9 Å². The van der Waals surface area contributed by atoms with Crippen LogP contribution in [-0.2, 0) is 11.3 Å². The van der Waals surface area contributed by atoms with E-state index >= 15 is 0 Å². The van der Waals surface area contributed by atoms with Crippen molar-refractivity contribution in [1.29, 1.82) is 0 Å². The molecule has 0 aliphatic heterocycles. The van der Waals surface area contributed by atoms with Gasteiger partial charge in [0.25, 0.3) is 0 Å². The van der Waals surface area contributed by atoms with E-state index in [0.717, 1.165) is 0 Å². The Labute approximate surface area is 171 Å². The van der Waals surface area contributed by atoms with E-state index in [9.17, 15) is 13.6 Å². The van der Waals surface area contributed by atoms with Gasteiger partial charge in [0, 0.05) is 12.2 Å². The first kappa shape index (κ1) is 20.8. The van der Waals surface area contributed by atoms with Crippen LogP contribution in [0.3, 0.4) is 0 Å². The van der Waals surface area contributed by atoms with Crippen molar-refractivity contribution >= 4 is 23.4 Å². The van der Waals surface area contributed by atoms with Crippen LogP contribution in [0.25, 0.3) is 0 Å². The molecule has 6 nitrogen and oxygen atoms in total. The van der Waals surface area contributed by atoms with E-state index in [1.807, 2.05) is 18.4 Å². The number of aromatic nitrogens is 3. The van der Waals surface area contributed by atoms with E-state index in [1.165, 1.54) is 42.1 Å². The third-order valence-electron chi connectivity index (χ3n) is 3.99. The van der Waals surface area contributed by atoms with E-state index in [-0.39, 0.29) is 17.5 Å². The Morgan fingerprint density at radius 3 is 2.62 bits per heavy atom. The molecule has 1 heterocycles. The van der Waals surface area contributed by atoms with Crippen molar-refractivity contribution in [2.24, 2.45) is 0 Å². The SMILES string of the molecule is CCn1c(SCC(=O)Nc2cccc(F)c2)nnc1C(C)Oc1ccc(F)cc1. The molecule has 0 aliphatic rings. The van der Waals surface area contributed by atoms with Gasteiger partial charge in [0.15, 0.2) is 17.1 Å². The van der Waals surface area contributed by atoms with Crippen molar-refractivity contribution in [3.8, 4) is 5.75 Å². The summed E-state index contributed by atoms with van der Waals surface area (Å²) in [4.78, 5) is 12.1. The summed E-state index contributed by atoms with van der Waals surface area (Å²) in [6, 6.07) is 11.5. The van der Waals surface area contributed by atoms with Crippen LogP contribution in [0.2, 0.25) is 0 Å². The molecule has 1 N–H and O–H groups in total. The lowest BCUT2D eigenvalue weighted by molar-refractivity contribution is -0.113. The summed E-state index contributed by atoms with van der Waals surface area (Å²) in [6.07, 6.45) is -0.414. The maximum absolute atomic E-state index is 13.2. The standard InChI is InChI=1S/C20H20F2N4O2S/c1-3-26-19(13(2)28-17-9-7-14(21)8-10-17)24-25-20(26)29-12-18(27)23-16-6-4-5-15(22)11-16/h4-11,13H,3,12H2,1-2H3,(H,23,27). The monoisotopic (exact) mass is 418 g/mol. The fraction of sp³-hybridized carbons (Fsp3) is 0.250. The Kier molecular flexibility index (Phi) is 6.82. The Morgan fingerprint density at radius 2 is 1.93 bits per heavy atom. The van der Waals surface area contributed by atoms with Crippen LogP contribution in [0.5, 0.6) is 5.75 Å². The second-order valence-electron chi connectivity index (χ2n) is 6.15. The third-order valence-corrected chi connectivity index (χ3v) is 4.96. The first-order chi connectivity index (χ1) is 14.0. The molecule has 1 unspecified atom stereocenters. The number of anilines is 1. The summed E-state index contributed by atoms with van der Waals surface area (Å²) < 4.78 is 33.9. The lowest BCUT2D eigenvalue weighted by Crippen LogP contribution is -2.15. The quantitative estimate of drug-likeness (QED) is 0.548. The topological polar surface area (TPSA) is 69.0 Å². The van der Waals surface area contributed by atoms with Crippen molar-refractivity contribution < 1.29 is 18.3 Å². The van der Waals surface area contributed by atoms with Crippen LogP contribution < -0.4 is 10.1 Å². The van der Waals surface area contributed by atoms with Gasteiger partial charge >= 0.3 is 0 Å². The number of halogens is 2. The van der Waals surface area contributed by atoms with Gasteiger partial charge in [-0.1, -0.05) is 17.8 Å². The average molecular weight is 418 g/mol. The van der Waals surface area contributed by atoms with Crippen LogP contribution >= 0.6 is 11.8 Å². The van der Waals surface area contributed by atoms with Crippen LogP contribution in [-0.4, -0.2) is 26.4 Å². The number of carbonyl (C=O) groups is 1. The van der Waals surface area contributed by atoms with E-state index in [1.54, 1.807) is 18.2 Å². The first-order valence-corrected chi connectivity index (χ1v) is 9.98. The summed E-state index contributed by atoms with van der Waals surface area (Å²) in [7, 11) is 0. The molecule has 2 aromatic carbocycles. The molecular formula is C20H20F2N4O2S. The molecule has 0 saturated carbocycles. The van der Waals surface area contributed by atoms with Crippen LogP contribution in [0.15, 0.2) is 53.7 Å². The zero-order valence-electron chi connectivity index (χ0n) is 15.9. The van der Waals surface area contributed by atoms with E-state index in [4.69, 9.17) is 4.74 Å². The van der Waals surface area contributed by atoms with E-state index in [2.05, 4.69) is 15.5 Å². The summed E-state index contributed by atoms with van der Waals surface area (Å²) in [5.41, 5.74) is 0.398. The molecule has 1 amide bonds. The average Bonchev–Trinajstić information content (AvgIpc) is 3.11. The Hall–Kier alpha value is -2.94. The van der Waals surface area contributed by atoms with Crippen molar-refractivity contribution in [3.63, 3.8) is 0 Å². The van der Waals surface area contributed by atoms with Crippen molar-refractivity contribution in [2.75, 3.05) is 11.1 Å². The molecule has 152 valence electrons. The lowest BCUT2D eigenvalue weighted by atomic mass is 10.3. The number of nitrogens with zero attached hydrogens (tertiary/aromatic N) is 3. The molecule has 0 radical (unpaired) electrons. The number of benzene rings is 2. The predicted molar refractivity (Wildman–Crippen MR) is 107 cm³/mol. The molecule has 0 fully saturated rings. The second-order valence-corrected chi connectivity index (χ2v) is 7.09. The van der Waals surface area contributed by atoms with Gasteiger partial charge in [0.05, 0.1) is 5.75 Å². The fourth-order valence-electron chi connectivity index (χ4n) is 2.67. The third kappa shape index (κ3) is 5.54. The van der Waals surface area contributed by atoms with Crippen LogP contribution in [0.1, 0.15) is 25.8 Å². The van der Waals surface area contributed by atoms with Crippen molar-refractivity contribution in [1.82, 2.24) is 14.8 Å². The molecule has 9 heteroatoms. The van der Waals surface area contributed by atoms with Gasteiger partial charge in [-0.05, 0) is 56.3 Å². The molecule has 0 bridgehead atoms. The molecule has 0 spiro atoms. The highest BCUT2D eigenvalue weighted by Gasteiger charge is 2.19. The highest BCUT2D eigenvalue weighted by molar-refractivity contribution is 7.99. The predicted octanol–water partition coefficient (Wildman–Crippen LogP) is 4.45. The van der Waals surface area contributed by atoms with Gasteiger partial charge in [-0.25, -0.2) is 8.78 Å². The molecule has 3 rings (SSSR count). The Morgan fingerprint density at radius 1 is 1.17 bits per heavy atom. The molecule has 1 aromatic heterocycles. The highest BCUT2D eigenvalue weighted by Crippen LogP contribution is 2.25. The maximum Gasteiger partial charge on any atom is 0.234 e. The number of amides is 1. The summed E-state index contributed by atoms with van der Waals surface area (Å²) in [5, 5.41) is 11.6. The largest absolute Gasteiger partial charge is 0.483 e. The number of thioether (sulfide) groups is 1. The van der Waals surface area contributed by atoms with Gasteiger partial charge in [-0.3, -0.25) is 4.79 Å². The first-order valence-electron chi connectivity index (χ1n) is 8.99. The summed E-state index contributed by atoms with van der Waals surface area (Å²) in [6.45, 7) is 4.35. The van der Waals surface area contributed by atoms with Crippen LogP contribution in [0, 0.1) is 11.6 Å². The van der Waals surface area contributed by atoms with E-state index in [0.29, 0.717) is 29.0 Å². The normalized spacial score (nSPS) is 11.9. The van der Waals surface area contributed by atoms with Crippen molar-refractivity contribution in [2.45, 2.75) is 31.7 Å². The number of carbonyl (C=O) groups excluding carboxylic acids is 1. The van der Waals surface area contributed by atoms with Gasteiger partial charge < -0.3 is 14.6 Å². The smallest absolute Gasteiger partial charge is 0.234 e. The van der Waals surface area contributed by atoms with Gasteiger partial charge in [0.1, 0.15) is 17.4 Å². The van der Waals surface area contributed by atoms with Crippen molar-refractivity contribution in [3.05, 3.63) is 66.0 Å². The summed E-state index contributed by atoms with van der Waals surface area (Å²) in [5.74, 6) is 0.196.